The van der Waals surface area contributed by atoms with Crippen molar-refractivity contribution in [3.8, 4) is 0 Å². The van der Waals surface area contributed by atoms with Gasteiger partial charge in [0.2, 0.25) is 0 Å². The second kappa shape index (κ2) is 562. The fraction of sp³-hybridized carbons (Fsp3) is 1.00. The maximum Gasteiger partial charge on any atom is 5.00 e. The van der Waals surface area contributed by atoms with Crippen LogP contribution in [0.4, 0.5) is 8.78 Å². The van der Waals surface area contributed by atoms with Crippen LogP contribution in [0.2, 0.25) is 0 Å². The van der Waals surface area contributed by atoms with Crippen molar-refractivity contribution in [2.75, 3.05) is 14.4 Å². The SMILES string of the molecule is CF.CF.[Ag+].[Ag+].[Li+].[Li+].[O-2].[O-2].[O-2].[O-2].[O-2].[O-2].[O-2].[V+5].[V+5]. The van der Waals surface area contributed by atoms with E-state index in [-0.39, 0.29) is 158 Å². The van der Waals surface area contributed by atoms with Gasteiger partial charge in [0.05, 0.1) is 14.4 Å². The Labute approximate surface area is 179 Å². The molecule has 15 heteroatoms. The standard InChI is InChI=1S/2CH3F.2Ag.2Li.7O.2V/c2*1-2;;;;;;;;;;;;;/h2*1H3;;;;;;;;;;;;;/q;;4*+1;7*-2;2*+5. The first-order valence-electron chi connectivity index (χ1n) is 0.756. The van der Waals surface area contributed by atoms with Crippen molar-refractivity contribution >= 4 is 0 Å². The van der Waals surface area contributed by atoms with E-state index in [9.17, 15) is 8.78 Å². The van der Waals surface area contributed by atoms with Crippen LogP contribution in [0.1, 0.15) is 0 Å². The van der Waals surface area contributed by atoms with Gasteiger partial charge in [-0.05, 0) is 0 Å². The molecule has 0 heterocycles. The fourth-order valence-corrected chi connectivity index (χ4v) is 0. The first-order valence-corrected chi connectivity index (χ1v) is 0.756. The predicted octanol–water partition coefficient (Wildman–Crippen LogP) is -5.66. The predicted molar refractivity (Wildman–Crippen MR) is 18.9 cm³/mol. The van der Waals surface area contributed by atoms with Gasteiger partial charge in [-0.1, -0.05) is 0 Å². The number of halogens is 2. The molecule has 0 aromatic heterocycles. The second-order valence-corrected chi connectivity index (χ2v) is 0. The van der Waals surface area contributed by atoms with Crippen molar-refractivity contribution in [3.63, 3.8) is 0 Å². The van der Waals surface area contributed by atoms with Crippen molar-refractivity contribution in [2.45, 2.75) is 0 Å². The first-order chi connectivity index (χ1) is 2.00. The Bertz CT molecular complexity index is 39.8. The molecule has 0 radical (unpaired) electrons. The zero-order chi connectivity index (χ0) is 4.00. The number of hydrogen-bond acceptors (Lipinski definition) is 0. The molecule has 0 aromatic rings. The Balaban J connectivity index is -0.000000000205. The van der Waals surface area contributed by atoms with Gasteiger partial charge >= 0.3 is 120 Å². The van der Waals surface area contributed by atoms with Crippen LogP contribution in [0.25, 0.3) is 0 Å². The molecule has 17 heavy (non-hydrogen) atoms. The molecule has 0 aliphatic heterocycles. The Morgan fingerprint density at radius 3 is 0.412 bits per heavy atom. The van der Waals surface area contributed by atoms with Crippen LogP contribution in [-0.2, 0) is 120 Å². The van der Waals surface area contributed by atoms with Gasteiger partial charge in [0.25, 0.3) is 0 Å². The van der Waals surface area contributed by atoms with Gasteiger partial charge in [-0.3, -0.25) is 8.78 Å². The number of rotatable bonds is 0. The van der Waals surface area contributed by atoms with Gasteiger partial charge in [0.1, 0.15) is 0 Å². The van der Waals surface area contributed by atoms with Gasteiger partial charge in [0.15, 0.2) is 0 Å². The van der Waals surface area contributed by atoms with Crippen LogP contribution < -0.4 is 37.7 Å². The summed E-state index contributed by atoms with van der Waals surface area (Å²) in [4.78, 5) is 0. The normalized spacial score (nSPS) is 0.706. The van der Waals surface area contributed by atoms with Gasteiger partial charge in [0, 0.05) is 0 Å². The summed E-state index contributed by atoms with van der Waals surface area (Å²) in [6.45, 7) is 0. The summed E-state index contributed by atoms with van der Waals surface area (Å²) in [6, 6.07) is 0. The summed E-state index contributed by atoms with van der Waals surface area (Å²) in [5, 5.41) is 0. The van der Waals surface area contributed by atoms with Crippen LogP contribution >= 0.6 is 0 Å². The Morgan fingerprint density at radius 1 is 0.412 bits per heavy atom. The molecule has 0 unspecified atom stereocenters. The topological polar surface area (TPSA) is 200 Å². The summed E-state index contributed by atoms with van der Waals surface area (Å²) < 4.78 is 19.0. The average molecular weight is 512 g/mol. The van der Waals surface area contributed by atoms with Crippen LogP contribution in [-0.4, -0.2) is 14.4 Å². The molecular weight excluding hydrogens is 506 g/mol. The van der Waals surface area contributed by atoms with Crippen molar-refractivity contribution in [2.24, 2.45) is 0 Å². The molecule has 0 saturated carbocycles. The third kappa shape index (κ3) is 503. The van der Waals surface area contributed by atoms with Gasteiger partial charge in [-0.25, -0.2) is 0 Å². The number of hydrogen-bond donors (Lipinski definition) is 0. The van der Waals surface area contributed by atoms with Crippen molar-refractivity contribution < 1.29 is 167 Å². The molecule has 0 rings (SSSR count). The smallest absolute Gasteiger partial charge is 2.00 e. The molecule has 0 N–H and O–H groups in total. The van der Waals surface area contributed by atoms with Crippen LogP contribution in [0.3, 0.4) is 0 Å². The summed E-state index contributed by atoms with van der Waals surface area (Å²) in [5.41, 5.74) is 0. The van der Waals surface area contributed by atoms with Gasteiger partial charge in [-0.2, -0.15) is 0 Å². The minimum atomic E-state index is 0. The third-order valence-electron chi connectivity index (χ3n) is 0. The van der Waals surface area contributed by atoms with E-state index in [0.717, 1.165) is 0 Å². The van der Waals surface area contributed by atoms with Crippen LogP contribution in [0.15, 0.2) is 0 Å². The van der Waals surface area contributed by atoms with Gasteiger partial charge < -0.3 is 38.3 Å². The maximum atomic E-state index is 9.50. The van der Waals surface area contributed by atoms with E-state index in [2.05, 4.69) is 0 Å². The van der Waals surface area contributed by atoms with E-state index < -0.39 is 0 Å². The largest absolute Gasteiger partial charge is 5.00 e. The van der Waals surface area contributed by atoms with Crippen molar-refractivity contribution in [3.05, 3.63) is 0 Å². The van der Waals surface area contributed by atoms with Crippen molar-refractivity contribution in [1.29, 1.82) is 0 Å². The van der Waals surface area contributed by atoms with Crippen LogP contribution in [0, 0.1) is 0 Å². The second-order valence-electron chi connectivity index (χ2n) is 0. The van der Waals surface area contributed by atoms with E-state index >= 15 is 0 Å². The molecule has 104 valence electrons. The molecule has 0 aromatic carbocycles. The number of alkyl halides is 2. The molecule has 0 atom stereocenters. The monoisotopic (exact) mass is 510 g/mol. The zero-order valence-corrected chi connectivity index (χ0v) is 14.9. The van der Waals surface area contributed by atoms with E-state index in [1.165, 1.54) is 0 Å². The Kier molecular flexibility index (Phi) is 8660. The third-order valence-corrected chi connectivity index (χ3v) is 0. The molecule has 0 spiro atoms. The summed E-state index contributed by atoms with van der Waals surface area (Å²) in [7, 11) is 1.00. The summed E-state index contributed by atoms with van der Waals surface area (Å²) in [5.74, 6) is 0. The van der Waals surface area contributed by atoms with E-state index in [0.29, 0.717) is 14.4 Å². The molecule has 0 saturated heterocycles. The summed E-state index contributed by atoms with van der Waals surface area (Å²) in [6.07, 6.45) is 0. The van der Waals surface area contributed by atoms with E-state index in [1.54, 1.807) is 0 Å². The maximum absolute atomic E-state index is 9.50. The van der Waals surface area contributed by atoms with Crippen LogP contribution in [0.5, 0.6) is 0 Å². The summed E-state index contributed by atoms with van der Waals surface area (Å²) >= 11 is 0. The Morgan fingerprint density at radius 2 is 0.412 bits per heavy atom. The molecule has 0 bridgehead atoms. The average Bonchev–Trinajstić information content (AvgIpc) is 1.50. The molecule has 0 aliphatic carbocycles. The van der Waals surface area contributed by atoms with E-state index in [4.69, 9.17) is 0 Å². The molecule has 0 amide bonds. The zero-order valence-electron chi connectivity index (χ0n) is 9.11. The van der Waals surface area contributed by atoms with E-state index in [1.807, 2.05) is 0 Å². The first kappa shape index (κ1) is 262. The van der Waals surface area contributed by atoms with Crippen molar-refractivity contribution in [1.82, 2.24) is 0 Å². The molecular formula is C2H6Ag2F2Li2O7V2. The molecule has 0 aliphatic rings. The Hall–Kier alpha value is 3.42. The van der Waals surface area contributed by atoms with Gasteiger partial charge in [-0.15, -0.1) is 0 Å². The molecule has 7 nitrogen and oxygen atoms in total. The minimum absolute atomic E-state index is 0. The quantitative estimate of drug-likeness (QED) is 0.279. The molecule has 0 fully saturated rings. The fourth-order valence-electron chi connectivity index (χ4n) is 0. The minimum Gasteiger partial charge on any atom is -2.00 e.